The van der Waals surface area contributed by atoms with Crippen LogP contribution in [0.5, 0.6) is 5.75 Å². The van der Waals surface area contributed by atoms with Gasteiger partial charge in [-0.1, -0.05) is 62.4 Å². The van der Waals surface area contributed by atoms with Gasteiger partial charge < -0.3 is 15.4 Å². The highest BCUT2D eigenvalue weighted by molar-refractivity contribution is 5.93. The minimum absolute atomic E-state index is 0.0426. The summed E-state index contributed by atoms with van der Waals surface area (Å²) >= 11 is 0. The molecule has 0 fully saturated rings. The summed E-state index contributed by atoms with van der Waals surface area (Å²) in [7, 11) is 0. The highest BCUT2D eigenvalue weighted by atomic mass is 16.5. The minimum atomic E-state index is -0.233. The monoisotopic (exact) mass is 430 g/mol. The maximum atomic E-state index is 12.3. The molecule has 2 amide bonds. The minimum Gasteiger partial charge on any atom is -0.483 e. The quantitative estimate of drug-likeness (QED) is 0.428. The number of anilines is 2. The Bertz CT molecular complexity index is 1020. The Labute approximate surface area is 189 Å². The van der Waals surface area contributed by atoms with Crippen LogP contribution in [0.25, 0.3) is 0 Å². The van der Waals surface area contributed by atoms with E-state index in [4.69, 9.17) is 4.74 Å². The Morgan fingerprint density at radius 2 is 1.41 bits per heavy atom. The molecule has 1 unspecified atom stereocenters. The molecule has 0 spiro atoms. The van der Waals surface area contributed by atoms with Crippen LogP contribution in [0.1, 0.15) is 43.7 Å². The number of para-hydroxylation sites is 1. The predicted octanol–water partition coefficient (Wildman–Crippen LogP) is 5.79. The Balaban J connectivity index is 1.46. The highest BCUT2D eigenvalue weighted by Gasteiger charge is 2.11. The van der Waals surface area contributed by atoms with Gasteiger partial charge in [-0.05, 0) is 60.2 Å². The third-order valence-corrected chi connectivity index (χ3v) is 5.36. The number of hydrogen-bond acceptors (Lipinski definition) is 3. The molecule has 5 nitrogen and oxygen atoms in total. The van der Waals surface area contributed by atoms with E-state index in [1.165, 1.54) is 0 Å². The first kappa shape index (κ1) is 23.1. The molecule has 1 atom stereocenters. The first-order valence-electron chi connectivity index (χ1n) is 11.0. The molecule has 3 aromatic carbocycles. The van der Waals surface area contributed by atoms with E-state index < -0.39 is 0 Å². The second-order valence-electron chi connectivity index (χ2n) is 7.80. The van der Waals surface area contributed by atoms with Crippen molar-refractivity contribution in [2.24, 2.45) is 0 Å². The number of carbonyl (C=O) groups excluding carboxylic acids is 2. The van der Waals surface area contributed by atoms with Gasteiger partial charge in [0.15, 0.2) is 6.61 Å². The number of carbonyl (C=O) groups is 2. The number of aryl methyl sites for hydroxylation is 1. The number of ether oxygens (including phenoxy) is 1. The lowest BCUT2D eigenvalue weighted by molar-refractivity contribution is -0.118. The molecule has 2 N–H and O–H groups in total. The maximum absolute atomic E-state index is 12.3. The second kappa shape index (κ2) is 11.7. The largest absolute Gasteiger partial charge is 0.483 e. The molecule has 0 heterocycles. The zero-order valence-corrected chi connectivity index (χ0v) is 18.6. The van der Waals surface area contributed by atoms with Gasteiger partial charge in [0.1, 0.15) is 5.75 Å². The summed E-state index contributed by atoms with van der Waals surface area (Å²) in [4.78, 5) is 24.5. The van der Waals surface area contributed by atoms with E-state index in [-0.39, 0.29) is 18.4 Å². The lowest BCUT2D eigenvalue weighted by atomic mass is 9.98. The van der Waals surface area contributed by atoms with Crippen LogP contribution in [0.4, 0.5) is 11.4 Å². The van der Waals surface area contributed by atoms with Crippen molar-refractivity contribution in [1.82, 2.24) is 0 Å². The molecule has 0 bridgehead atoms. The lowest BCUT2D eigenvalue weighted by Gasteiger charge is -2.15. The van der Waals surface area contributed by atoms with Gasteiger partial charge >= 0.3 is 0 Å². The van der Waals surface area contributed by atoms with Crippen molar-refractivity contribution < 1.29 is 14.3 Å². The van der Waals surface area contributed by atoms with E-state index in [1.54, 1.807) is 24.3 Å². The molecule has 3 rings (SSSR count). The summed E-state index contributed by atoms with van der Waals surface area (Å²) < 4.78 is 5.76. The molecule has 0 saturated heterocycles. The number of amides is 2. The molecule has 3 aromatic rings. The van der Waals surface area contributed by atoms with Gasteiger partial charge in [-0.15, -0.1) is 0 Å². The third kappa shape index (κ3) is 6.98. The fourth-order valence-corrected chi connectivity index (χ4v) is 3.34. The standard InChI is InChI=1S/C27H30N2O3/c1-3-20(2)24-11-7-8-12-25(24)32-19-27(31)29-23-16-14-22(15-17-23)28-26(30)18-13-21-9-5-4-6-10-21/h4-12,14-17,20H,3,13,18-19H2,1-2H3,(H,28,30)(H,29,31). The van der Waals surface area contributed by atoms with Gasteiger partial charge in [0.2, 0.25) is 5.91 Å². The van der Waals surface area contributed by atoms with E-state index in [1.807, 2.05) is 54.6 Å². The molecule has 0 aliphatic heterocycles. The van der Waals surface area contributed by atoms with Crippen molar-refractivity contribution in [3.05, 3.63) is 90.0 Å². The van der Waals surface area contributed by atoms with Crippen LogP contribution < -0.4 is 15.4 Å². The molecule has 0 aliphatic carbocycles. The van der Waals surface area contributed by atoms with E-state index >= 15 is 0 Å². The van der Waals surface area contributed by atoms with Gasteiger partial charge in [-0.25, -0.2) is 0 Å². The van der Waals surface area contributed by atoms with Gasteiger partial charge in [0, 0.05) is 17.8 Å². The summed E-state index contributed by atoms with van der Waals surface area (Å²) in [5.74, 6) is 0.831. The van der Waals surface area contributed by atoms with Crippen LogP contribution in [-0.4, -0.2) is 18.4 Å². The van der Waals surface area contributed by atoms with Gasteiger partial charge in [0.05, 0.1) is 0 Å². The van der Waals surface area contributed by atoms with Crippen LogP contribution >= 0.6 is 0 Å². The zero-order valence-electron chi connectivity index (χ0n) is 18.6. The number of rotatable bonds is 10. The van der Waals surface area contributed by atoms with E-state index in [9.17, 15) is 9.59 Å². The smallest absolute Gasteiger partial charge is 0.262 e. The van der Waals surface area contributed by atoms with Crippen molar-refractivity contribution in [2.45, 2.75) is 39.0 Å². The summed E-state index contributed by atoms with van der Waals surface area (Å²) in [6, 6.07) is 24.8. The maximum Gasteiger partial charge on any atom is 0.262 e. The van der Waals surface area contributed by atoms with Crippen LogP contribution in [0.3, 0.4) is 0 Å². The van der Waals surface area contributed by atoms with Gasteiger partial charge in [-0.2, -0.15) is 0 Å². The number of hydrogen-bond donors (Lipinski definition) is 2. The van der Waals surface area contributed by atoms with Crippen molar-refractivity contribution in [2.75, 3.05) is 17.2 Å². The third-order valence-electron chi connectivity index (χ3n) is 5.36. The molecular weight excluding hydrogens is 400 g/mol. The fraction of sp³-hybridized carbons (Fsp3) is 0.259. The Hall–Kier alpha value is -3.60. The first-order chi connectivity index (χ1) is 15.5. The molecule has 0 radical (unpaired) electrons. The molecule has 0 aliphatic rings. The molecule has 5 heteroatoms. The van der Waals surface area contributed by atoms with Crippen LogP contribution in [0.2, 0.25) is 0 Å². The average Bonchev–Trinajstić information content (AvgIpc) is 2.83. The summed E-state index contributed by atoms with van der Waals surface area (Å²) in [6.07, 6.45) is 2.11. The highest BCUT2D eigenvalue weighted by Crippen LogP contribution is 2.28. The zero-order chi connectivity index (χ0) is 22.8. The van der Waals surface area contributed by atoms with Crippen molar-refractivity contribution >= 4 is 23.2 Å². The lowest BCUT2D eigenvalue weighted by Crippen LogP contribution is -2.20. The fourth-order valence-electron chi connectivity index (χ4n) is 3.34. The summed E-state index contributed by atoms with van der Waals surface area (Å²) in [6.45, 7) is 4.21. The Morgan fingerprint density at radius 1 is 0.812 bits per heavy atom. The van der Waals surface area contributed by atoms with Crippen molar-refractivity contribution in [1.29, 1.82) is 0 Å². The molecule has 166 valence electrons. The Morgan fingerprint density at radius 3 is 2.06 bits per heavy atom. The second-order valence-corrected chi connectivity index (χ2v) is 7.80. The Kier molecular flexibility index (Phi) is 8.44. The average molecular weight is 431 g/mol. The molecular formula is C27H30N2O3. The molecule has 0 aromatic heterocycles. The van der Waals surface area contributed by atoms with Gasteiger partial charge in [-0.3, -0.25) is 9.59 Å². The SMILES string of the molecule is CCC(C)c1ccccc1OCC(=O)Nc1ccc(NC(=O)CCc2ccccc2)cc1. The molecule has 32 heavy (non-hydrogen) atoms. The predicted molar refractivity (Wildman–Crippen MR) is 129 cm³/mol. The topological polar surface area (TPSA) is 67.4 Å². The van der Waals surface area contributed by atoms with Crippen LogP contribution in [-0.2, 0) is 16.0 Å². The van der Waals surface area contributed by atoms with Crippen LogP contribution in [0, 0.1) is 0 Å². The summed E-state index contributed by atoms with van der Waals surface area (Å²) in [5.41, 5.74) is 3.58. The van der Waals surface area contributed by atoms with E-state index in [0.717, 1.165) is 23.3 Å². The van der Waals surface area contributed by atoms with E-state index in [2.05, 4.69) is 24.5 Å². The van der Waals surface area contributed by atoms with Crippen molar-refractivity contribution in [3.63, 3.8) is 0 Å². The van der Waals surface area contributed by atoms with E-state index in [0.29, 0.717) is 30.1 Å². The van der Waals surface area contributed by atoms with Gasteiger partial charge in [0.25, 0.3) is 5.91 Å². The first-order valence-corrected chi connectivity index (χ1v) is 11.0. The summed E-state index contributed by atoms with van der Waals surface area (Å²) in [5, 5.41) is 5.71. The van der Waals surface area contributed by atoms with Crippen molar-refractivity contribution in [3.8, 4) is 5.75 Å². The van der Waals surface area contributed by atoms with Crippen LogP contribution in [0.15, 0.2) is 78.9 Å². The number of nitrogens with one attached hydrogen (secondary N) is 2. The number of benzene rings is 3. The normalized spacial score (nSPS) is 11.4. The molecule has 0 saturated carbocycles.